The van der Waals surface area contributed by atoms with Crippen molar-refractivity contribution in [3.05, 3.63) is 110 Å². The monoisotopic (exact) mass is 1030 g/mol. The van der Waals surface area contributed by atoms with Crippen LogP contribution in [0.15, 0.2) is 59.4 Å². The molecule has 0 bridgehead atoms. The molecule has 4 atom stereocenters. The van der Waals surface area contributed by atoms with Crippen molar-refractivity contribution >= 4 is 58.0 Å². The summed E-state index contributed by atoms with van der Waals surface area (Å²) < 4.78 is 27.7. The van der Waals surface area contributed by atoms with Crippen molar-refractivity contribution in [3.63, 3.8) is 0 Å². The number of amides is 5. The summed E-state index contributed by atoms with van der Waals surface area (Å²) in [5.74, 6) is -4.25. The van der Waals surface area contributed by atoms with Crippen molar-refractivity contribution in [3.8, 4) is 11.4 Å². The quantitative estimate of drug-likeness (QED) is 0.0212. The number of ketones is 2. The summed E-state index contributed by atoms with van der Waals surface area (Å²) in [6.45, 7) is 2.49. The van der Waals surface area contributed by atoms with E-state index in [2.05, 4.69) is 21.3 Å². The maximum Gasteiger partial charge on any atom is 0.343 e. The second-order valence-electron chi connectivity index (χ2n) is 19.3. The molecule has 21 heteroatoms. The SMILES string of the molecule is CC[C@@]1(O)C(=O)OCc2c1cc1n(c2=O)Cc2c-1nc1cc(F)c(C)c3c1c2[C@@H](NC(O)COCNC(=O)CCC(=O)[C@H](Cc1ccccc1)NC(=O)CCC(=O)CNC(=O)CCCCCN1C(=O)C=CC1=O)CC3. The summed E-state index contributed by atoms with van der Waals surface area (Å²) in [4.78, 5) is 120. The lowest BCUT2D eigenvalue weighted by Gasteiger charge is -2.31. The Labute approximate surface area is 430 Å². The number of carbonyl (C=O) groups excluding carboxylic acids is 8. The summed E-state index contributed by atoms with van der Waals surface area (Å²) in [6, 6.07) is 10.4. The van der Waals surface area contributed by atoms with Crippen LogP contribution in [0.25, 0.3) is 22.3 Å². The van der Waals surface area contributed by atoms with E-state index in [0.717, 1.165) is 21.6 Å². The van der Waals surface area contributed by atoms with E-state index in [1.807, 2.05) is 0 Å². The molecule has 3 aliphatic heterocycles. The van der Waals surface area contributed by atoms with Crippen LogP contribution in [0.2, 0.25) is 0 Å². The highest BCUT2D eigenvalue weighted by molar-refractivity contribution is 6.12. The molecule has 0 saturated heterocycles. The molecule has 0 radical (unpaired) electrons. The molecule has 8 rings (SSSR count). The Kier molecular flexibility index (Phi) is 16.9. The lowest BCUT2D eigenvalue weighted by molar-refractivity contribution is -0.172. The van der Waals surface area contributed by atoms with Crippen LogP contribution in [0.1, 0.15) is 116 Å². The van der Waals surface area contributed by atoms with Crippen LogP contribution >= 0.6 is 0 Å². The van der Waals surface area contributed by atoms with Crippen molar-refractivity contribution in [1.82, 2.24) is 35.7 Å². The molecule has 75 heavy (non-hydrogen) atoms. The van der Waals surface area contributed by atoms with Crippen LogP contribution in [-0.2, 0) is 79.4 Å². The van der Waals surface area contributed by atoms with Crippen molar-refractivity contribution < 1.29 is 62.4 Å². The normalized spacial score (nSPS) is 18.0. The second kappa shape index (κ2) is 23.5. The number of rotatable bonds is 25. The molecule has 5 heterocycles. The van der Waals surface area contributed by atoms with Gasteiger partial charge in [-0.2, -0.15) is 0 Å². The number of fused-ring (bicyclic) bond motifs is 5. The number of hydrogen-bond acceptors (Lipinski definition) is 15. The van der Waals surface area contributed by atoms with E-state index in [1.54, 1.807) is 50.2 Å². The number of aryl methyl sites for hydroxylation is 1. The minimum atomic E-state index is -2.04. The molecule has 4 aliphatic rings. The molecule has 6 N–H and O–H groups in total. The molecule has 5 amide bonds. The highest BCUT2D eigenvalue weighted by Crippen LogP contribution is 2.46. The maximum absolute atomic E-state index is 15.4. The standard InChI is InChI=1S/C54H60FN7O13/c1-3-54(73)36-23-41-51-34(26-62(41)52(71)35(36)27-75-53(54)72)50-38(15-14-33-30(2)37(55)24-40(60-51)49(33)50)58-46(68)28-74-29-57-44(66)18-16-42(64)39(22-31-10-6-4-7-11-31)59-45(67)17-13-32(63)25-56-43(65)12-8-5-9-21-61-47(69)19-20-48(61)70/h4,6-7,10-11,19-20,23-24,38-39,46,58,68,73H,3,5,8-9,12-18,21-22,25-29H2,1-2H3,(H,56,65)(H,57,66)(H,59,67)/t38-,39-,46?,54-/m0/s1. The fraction of sp³-hybridized carbons (Fsp3) is 0.444. The van der Waals surface area contributed by atoms with Crippen molar-refractivity contribution in [2.45, 2.75) is 128 Å². The van der Waals surface area contributed by atoms with E-state index in [4.69, 9.17) is 14.5 Å². The summed E-state index contributed by atoms with van der Waals surface area (Å²) in [7, 11) is 0. The molecular formula is C54H60FN7O13. The zero-order valence-corrected chi connectivity index (χ0v) is 41.8. The minimum absolute atomic E-state index is 0.0358. The maximum atomic E-state index is 15.4. The molecule has 2 aromatic carbocycles. The van der Waals surface area contributed by atoms with Crippen LogP contribution in [-0.4, -0.2) is 110 Å². The summed E-state index contributed by atoms with van der Waals surface area (Å²) >= 11 is 0. The van der Waals surface area contributed by atoms with Gasteiger partial charge in [0, 0.05) is 79.4 Å². The van der Waals surface area contributed by atoms with Crippen molar-refractivity contribution in [2.24, 2.45) is 0 Å². The van der Waals surface area contributed by atoms with Gasteiger partial charge < -0.3 is 40.2 Å². The van der Waals surface area contributed by atoms with Crippen LogP contribution in [0.5, 0.6) is 0 Å². The van der Waals surface area contributed by atoms with Crippen LogP contribution in [0, 0.1) is 12.7 Å². The predicted octanol–water partition coefficient (Wildman–Crippen LogP) is 2.54. The third kappa shape index (κ3) is 12.0. The van der Waals surface area contributed by atoms with Crippen LogP contribution in [0.4, 0.5) is 4.39 Å². The Morgan fingerprint density at radius 2 is 1.64 bits per heavy atom. The van der Waals surface area contributed by atoms with Gasteiger partial charge in [0.05, 0.1) is 48.2 Å². The zero-order chi connectivity index (χ0) is 53.6. The van der Waals surface area contributed by atoms with E-state index < -0.39 is 58.9 Å². The Balaban J connectivity index is 0.804. The number of halogens is 1. The number of aromatic nitrogens is 2. The van der Waals surface area contributed by atoms with Gasteiger partial charge in [-0.3, -0.25) is 48.6 Å². The number of benzene rings is 2. The number of ether oxygens (including phenoxy) is 2. The number of pyridine rings is 2. The molecule has 0 fully saturated rings. The van der Waals surface area contributed by atoms with Gasteiger partial charge in [-0.1, -0.05) is 43.7 Å². The number of esters is 1. The topological polar surface area (TPSA) is 282 Å². The molecule has 2 aromatic heterocycles. The van der Waals surface area contributed by atoms with E-state index in [1.165, 1.54) is 22.8 Å². The zero-order valence-electron chi connectivity index (χ0n) is 41.8. The number of unbranched alkanes of at least 4 members (excludes halogenated alkanes) is 2. The second-order valence-corrected chi connectivity index (χ2v) is 19.3. The number of hydrogen-bond donors (Lipinski definition) is 6. The number of aliphatic hydroxyl groups is 2. The van der Waals surface area contributed by atoms with Crippen molar-refractivity contribution in [2.75, 3.05) is 26.4 Å². The molecule has 0 spiro atoms. The predicted molar refractivity (Wildman–Crippen MR) is 266 cm³/mol. The molecule has 1 unspecified atom stereocenters. The van der Waals surface area contributed by atoms with Crippen molar-refractivity contribution in [1.29, 1.82) is 0 Å². The highest BCUT2D eigenvalue weighted by atomic mass is 19.1. The smallest absolute Gasteiger partial charge is 0.343 e. The highest BCUT2D eigenvalue weighted by Gasteiger charge is 2.46. The number of cyclic esters (lactones) is 1. The number of Topliss-reactive ketones (excluding diaryl/α,β-unsaturated/α-hetero) is 2. The van der Waals surface area contributed by atoms with E-state index in [9.17, 15) is 53.4 Å². The number of nitrogens with one attached hydrogen (secondary N) is 4. The summed E-state index contributed by atoms with van der Waals surface area (Å²) in [5.41, 5.74) is 2.28. The molecule has 0 saturated carbocycles. The first kappa shape index (κ1) is 53.9. The molecule has 396 valence electrons. The minimum Gasteiger partial charge on any atom is -0.458 e. The lowest BCUT2D eigenvalue weighted by Crippen LogP contribution is -2.44. The molecule has 20 nitrogen and oxygen atoms in total. The Morgan fingerprint density at radius 1 is 0.907 bits per heavy atom. The summed E-state index contributed by atoms with van der Waals surface area (Å²) in [6.07, 6.45) is 3.03. The van der Waals surface area contributed by atoms with Gasteiger partial charge in [-0.05, 0) is 73.8 Å². The first-order valence-electron chi connectivity index (χ1n) is 25.2. The average Bonchev–Trinajstić information content (AvgIpc) is 3.98. The third-order valence-electron chi connectivity index (χ3n) is 14.3. The number of imide groups is 1. The fourth-order valence-electron chi connectivity index (χ4n) is 10.2. The molecular weight excluding hydrogens is 974 g/mol. The van der Waals surface area contributed by atoms with Gasteiger partial charge in [-0.25, -0.2) is 14.2 Å². The van der Waals surface area contributed by atoms with E-state index in [-0.39, 0.29) is 119 Å². The van der Waals surface area contributed by atoms with Crippen LogP contribution in [0.3, 0.4) is 0 Å². The van der Waals surface area contributed by atoms with Gasteiger partial charge in [0.2, 0.25) is 17.7 Å². The average molecular weight is 1030 g/mol. The molecule has 4 aromatic rings. The Bertz CT molecular complexity index is 3030. The van der Waals surface area contributed by atoms with Gasteiger partial charge in [0.1, 0.15) is 25.4 Å². The summed E-state index contributed by atoms with van der Waals surface area (Å²) in [5, 5.41) is 34.3. The van der Waals surface area contributed by atoms with Gasteiger partial charge in [-0.15, -0.1) is 0 Å². The Morgan fingerprint density at radius 3 is 2.39 bits per heavy atom. The Hall–Kier alpha value is -7.33. The van der Waals surface area contributed by atoms with E-state index in [0.29, 0.717) is 65.5 Å². The number of carbonyl (C=O) groups is 8. The van der Waals surface area contributed by atoms with Gasteiger partial charge in [0.25, 0.3) is 17.4 Å². The van der Waals surface area contributed by atoms with Crippen LogP contribution < -0.4 is 26.8 Å². The van der Waals surface area contributed by atoms with E-state index >= 15 is 4.39 Å². The third-order valence-corrected chi connectivity index (χ3v) is 14.3. The van der Waals surface area contributed by atoms with Gasteiger partial charge >= 0.3 is 5.97 Å². The lowest BCUT2D eigenvalue weighted by atomic mass is 9.81. The number of aliphatic hydroxyl groups excluding tert-OH is 1. The first-order chi connectivity index (χ1) is 36.0. The van der Waals surface area contributed by atoms with Gasteiger partial charge in [0.15, 0.2) is 17.2 Å². The fourth-order valence-corrected chi connectivity index (χ4v) is 10.2. The number of nitrogens with zero attached hydrogens (tertiary/aromatic N) is 3. The molecule has 1 aliphatic carbocycles. The first-order valence-corrected chi connectivity index (χ1v) is 25.2. The largest absolute Gasteiger partial charge is 0.458 e.